The second-order valence-corrected chi connectivity index (χ2v) is 18.2. The van der Waals surface area contributed by atoms with Gasteiger partial charge in [-0.15, -0.1) is 0 Å². The number of nitrogens with one attached hydrogen (secondary N) is 3. The minimum Gasteiger partial charge on any atom is -0.394 e. The van der Waals surface area contributed by atoms with Crippen LogP contribution in [0.5, 0.6) is 0 Å². The van der Waals surface area contributed by atoms with Crippen LogP contribution >= 0.6 is 7.82 Å². The molecule has 1 aliphatic heterocycles. The van der Waals surface area contributed by atoms with E-state index in [0.29, 0.717) is 44.7 Å². The van der Waals surface area contributed by atoms with Crippen LogP contribution < -0.4 is 16.4 Å². The number of aliphatic hydroxyl groups excluding tert-OH is 1. The van der Waals surface area contributed by atoms with Crippen LogP contribution in [0.2, 0.25) is 0 Å². The number of aromatic nitrogens is 2. The number of primary amides is 1. The molecule has 2 rings (SSSR count). The molecule has 0 radical (unpaired) electrons. The third-order valence-corrected chi connectivity index (χ3v) is 12.2. The fourth-order valence-electron chi connectivity index (χ4n) is 7.48. The minimum atomic E-state index is -4.65. The zero-order valence-electron chi connectivity index (χ0n) is 38.1. The summed E-state index contributed by atoms with van der Waals surface area (Å²) in [5, 5.41) is 15.6. The minimum absolute atomic E-state index is 0.0246. The van der Waals surface area contributed by atoms with Gasteiger partial charge < -0.3 is 45.7 Å². The Balaban J connectivity index is 2.08. The van der Waals surface area contributed by atoms with E-state index in [1.807, 2.05) is 13.8 Å². The zero-order chi connectivity index (χ0) is 46.8. The number of H-pyrrole nitrogens is 1. The number of aliphatic hydroxyl groups is 1. The summed E-state index contributed by atoms with van der Waals surface area (Å²) in [6.07, 6.45) is 11.1. The third-order valence-electron chi connectivity index (χ3n) is 11.1. The fraction of sp³-hybridized carbons (Fsp3) is 0.791. The van der Waals surface area contributed by atoms with Crippen molar-refractivity contribution in [1.82, 2.24) is 25.5 Å². The first-order valence-electron chi connectivity index (χ1n) is 22.6. The van der Waals surface area contributed by atoms with Crippen molar-refractivity contribution in [2.75, 3.05) is 46.7 Å². The van der Waals surface area contributed by atoms with E-state index in [0.717, 1.165) is 25.7 Å². The number of Topliss-reactive ketones (excluding diaryl/α,β-unsaturated/α-hetero) is 2. The van der Waals surface area contributed by atoms with Crippen molar-refractivity contribution in [2.45, 2.75) is 155 Å². The van der Waals surface area contributed by atoms with Crippen LogP contribution in [0.15, 0.2) is 12.5 Å². The first kappa shape index (κ1) is 55.6. The molecule has 1 unspecified atom stereocenters. The number of likely N-dealkylation sites (tertiary alicyclic amines) is 1. The summed E-state index contributed by atoms with van der Waals surface area (Å²) < 4.78 is 33.4. The highest BCUT2D eigenvalue weighted by Crippen LogP contribution is 2.46. The Hall–Kier alpha value is -3.58. The highest BCUT2D eigenvalue weighted by Gasteiger charge is 2.38. The number of ether oxygens (including phenoxy) is 2. The number of carbonyl (C=O) groups is 6. The Morgan fingerprint density at radius 2 is 1.60 bits per heavy atom. The number of hydrogen-bond acceptors (Lipinski definition) is 13. The maximum Gasteiger partial charge on any atom is 0.472 e. The van der Waals surface area contributed by atoms with Gasteiger partial charge in [0, 0.05) is 44.8 Å². The molecule has 19 nitrogen and oxygen atoms in total. The number of amides is 4. The van der Waals surface area contributed by atoms with Crippen LogP contribution in [0.25, 0.3) is 0 Å². The summed E-state index contributed by atoms with van der Waals surface area (Å²) in [5.41, 5.74) is 6.09. The average Bonchev–Trinajstić information content (AvgIpc) is 3.94. The predicted octanol–water partition coefficient (Wildman–Crippen LogP) is 3.69. The quantitative estimate of drug-likeness (QED) is 0.0414. The number of nitrogens with zero attached hydrogens (tertiary/aromatic N) is 2. The molecule has 0 aromatic carbocycles. The van der Waals surface area contributed by atoms with Gasteiger partial charge in [-0.1, -0.05) is 72.1 Å². The number of unbranched alkanes of at least 4 members (excludes halogenated alkanes) is 8. The number of carbonyl (C=O) groups excluding carboxylic acids is 6. The third kappa shape index (κ3) is 21.8. The van der Waals surface area contributed by atoms with Crippen LogP contribution in [-0.2, 0) is 58.3 Å². The van der Waals surface area contributed by atoms with Gasteiger partial charge in [-0.3, -0.25) is 37.8 Å². The molecule has 360 valence electrons. The molecule has 1 aromatic rings. The first-order valence-corrected chi connectivity index (χ1v) is 24.1. The van der Waals surface area contributed by atoms with Crippen LogP contribution in [0.1, 0.15) is 130 Å². The van der Waals surface area contributed by atoms with E-state index in [1.54, 1.807) is 7.11 Å². The van der Waals surface area contributed by atoms with Crippen LogP contribution in [0.3, 0.4) is 0 Å². The van der Waals surface area contributed by atoms with Crippen molar-refractivity contribution in [3.8, 4) is 0 Å². The van der Waals surface area contributed by atoms with Crippen molar-refractivity contribution in [3.63, 3.8) is 0 Å². The van der Waals surface area contributed by atoms with Gasteiger partial charge in [-0.25, -0.2) is 9.55 Å². The number of aromatic amines is 1. The lowest BCUT2D eigenvalue weighted by molar-refractivity contribution is -0.140. The van der Waals surface area contributed by atoms with Crippen LogP contribution in [0.4, 0.5) is 0 Å². The smallest absolute Gasteiger partial charge is 0.394 e. The lowest BCUT2D eigenvalue weighted by Crippen LogP contribution is -2.52. The second kappa shape index (κ2) is 30.5. The Bertz CT molecular complexity index is 1580. The number of imidazole rings is 1. The monoisotopic (exact) mass is 915 g/mol. The molecule has 1 fully saturated rings. The topological polar surface area (TPSA) is 279 Å². The molecule has 1 aromatic heterocycles. The molecule has 20 heteroatoms. The van der Waals surface area contributed by atoms with E-state index in [1.165, 1.54) is 50.0 Å². The molecular formula is C43H75N6O13P. The highest BCUT2D eigenvalue weighted by atomic mass is 31.2. The van der Waals surface area contributed by atoms with Crippen LogP contribution in [-0.4, -0.2) is 131 Å². The molecule has 0 bridgehead atoms. The van der Waals surface area contributed by atoms with Crippen molar-refractivity contribution >= 4 is 43.0 Å². The van der Waals surface area contributed by atoms with E-state index < -0.39 is 86.2 Å². The van der Waals surface area contributed by atoms with E-state index in [2.05, 4.69) is 27.5 Å². The summed E-state index contributed by atoms with van der Waals surface area (Å²) >= 11 is 0. The van der Waals surface area contributed by atoms with Gasteiger partial charge in [0.25, 0.3) is 0 Å². The molecule has 1 saturated heterocycles. The van der Waals surface area contributed by atoms with Crippen molar-refractivity contribution < 1.29 is 61.9 Å². The molecule has 7 N–H and O–H groups in total. The van der Waals surface area contributed by atoms with Gasteiger partial charge in [-0.2, -0.15) is 0 Å². The van der Waals surface area contributed by atoms with Gasteiger partial charge in [0.15, 0.2) is 11.6 Å². The second-order valence-electron chi connectivity index (χ2n) is 16.8. The molecule has 0 saturated carbocycles. The molecule has 1 aliphatic rings. The molecule has 7 atom stereocenters. The van der Waals surface area contributed by atoms with Crippen molar-refractivity contribution in [1.29, 1.82) is 0 Å². The maximum atomic E-state index is 14.0. The van der Waals surface area contributed by atoms with E-state index in [4.69, 9.17) is 24.3 Å². The maximum absolute atomic E-state index is 14.0. The van der Waals surface area contributed by atoms with Crippen molar-refractivity contribution in [2.24, 2.45) is 23.5 Å². The summed E-state index contributed by atoms with van der Waals surface area (Å²) in [6, 6.07) is -3.33. The molecular weight excluding hydrogens is 839 g/mol. The molecule has 2 heterocycles. The zero-order valence-corrected chi connectivity index (χ0v) is 39.0. The summed E-state index contributed by atoms with van der Waals surface area (Å²) in [7, 11) is -3.10. The predicted molar refractivity (Wildman–Crippen MR) is 234 cm³/mol. The Kier molecular flexibility index (Phi) is 26.9. The van der Waals surface area contributed by atoms with E-state index in [-0.39, 0.29) is 50.7 Å². The Labute approximate surface area is 372 Å². The van der Waals surface area contributed by atoms with Crippen molar-refractivity contribution in [3.05, 3.63) is 18.2 Å². The van der Waals surface area contributed by atoms with Gasteiger partial charge in [0.2, 0.25) is 23.6 Å². The lowest BCUT2D eigenvalue weighted by Gasteiger charge is -2.28. The van der Waals surface area contributed by atoms with Crippen LogP contribution in [0, 0.1) is 17.8 Å². The normalized spacial score (nSPS) is 17.4. The number of ketones is 2. The Morgan fingerprint density at radius 1 is 0.937 bits per heavy atom. The van der Waals surface area contributed by atoms with E-state index in [9.17, 15) is 43.3 Å². The summed E-state index contributed by atoms with van der Waals surface area (Å²) in [4.78, 5) is 99.3. The molecule has 0 aliphatic carbocycles. The van der Waals surface area contributed by atoms with Gasteiger partial charge >= 0.3 is 7.82 Å². The molecule has 63 heavy (non-hydrogen) atoms. The SMILES string of the molecule is CCCCCCCCCCCOP(=O)(O)O[C@H](C)[C@H](CC(=O)[C@H](CO)NC(=O)[C@@H](CC(=O)[C@H](CC(C)C)NC(=O)[C@@H]1CCCN1C(=O)CCOCCOC)Cc1cnc[nH]1)C(N)=O. The largest absolute Gasteiger partial charge is 0.472 e. The molecule has 0 spiro atoms. The van der Waals surface area contributed by atoms with Gasteiger partial charge in [0.1, 0.15) is 12.1 Å². The fourth-order valence-corrected chi connectivity index (χ4v) is 8.47. The van der Waals surface area contributed by atoms with Gasteiger partial charge in [-0.05, 0) is 38.5 Å². The highest BCUT2D eigenvalue weighted by molar-refractivity contribution is 7.47. The molecule has 4 amide bonds. The number of phosphoric acid groups is 1. The number of rotatable bonds is 36. The summed E-state index contributed by atoms with van der Waals surface area (Å²) in [5.74, 6) is -6.37. The first-order chi connectivity index (χ1) is 30.0. The average molecular weight is 915 g/mol. The summed E-state index contributed by atoms with van der Waals surface area (Å²) in [6.45, 7) is 7.57. The number of nitrogens with two attached hydrogens (primary N) is 1. The Morgan fingerprint density at radius 3 is 2.21 bits per heavy atom. The number of hydrogen-bond donors (Lipinski definition) is 6. The van der Waals surface area contributed by atoms with Gasteiger partial charge in [0.05, 0.1) is 69.8 Å². The lowest BCUT2D eigenvalue weighted by atomic mass is 9.89. The number of phosphoric ester groups is 1. The number of methoxy groups -OCH3 is 1. The standard InChI is InChI=1S/C43H75N6O13P/c1-6-7-8-9-10-11-12-13-14-19-61-63(57,58)62-31(4)34(41(44)54)26-39(52)36(28-50)48-42(55)32(24-33-27-45-29-46-33)25-38(51)35(23-30(2)3)47-43(56)37-16-15-18-49(37)40(53)17-20-60-22-21-59-5/h27,29-32,34-37,50H,6-26,28H2,1-5H3,(H2,44,54)(H,45,46)(H,47,56)(H,48,55)(H,57,58)/t31-,32-,34+,35+,36+,37+/m1/s1. The van der Waals surface area contributed by atoms with E-state index >= 15 is 0 Å².